The van der Waals surface area contributed by atoms with Crippen molar-refractivity contribution in [2.24, 2.45) is 11.8 Å². The number of carboxylic acid groups (broad SMARTS) is 1. The van der Waals surface area contributed by atoms with Crippen LogP contribution in [0.1, 0.15) is 19.3 Å². The fourth-order valence-corrected chi connectivity index (χ4v) is 3.49. The summed E-state index contributed by atoms with van der Waals surface area (Å²) in [6.45, 7) is 0. The number of benzene rings is 2. The van der Waals surface area contributed by atoms with Crippen molar-refractivity contribution in [3.05, 3.63) is 42.5 Å². The molecule has 0 radical (unpaired) electrons. The maximum absolute atomic E-state index is 12.4. The number of aliphatic carboxylic acids is 1. The molecule has 5 heteroatoms. The molecule has 0 spiro atoms. The Labute approximate surface area is 138 Å². The average Bonchev–Trinajstić information content (AvgIpc) is 3.19. The molecule has 1 saturated carbocycles. The largest absolute Gasteiger partial charge is 0.481 e. The van der Waals surface area contributed by atoms with Crippen LogP contribution in [0.4, 0.5) is 5.69 Å². The fraction of sp³-hybridized carbons (Fsp3) is 0.263. The quantitative estimate of drug-likeness (QED) is 0.763. The van der Waals surface area contributed by atoms with Crippen LogP contribution < -0.4 is 5.32 Å². The number of furan rings is 1. The summed E-state index contributed by atoms with van der Waals surface area (Å²) in [5.74, 6) is -1.57. The van der Waals surface area contributed by atoms with Gasteiger partial charge in [0, 0.05) is 28.4 Å². The normalized spacial score (nSPS) is 20.5. The Morgan fingerprint density at radius 1 is 1.00 bits per heavy atom. The number of nitrogens with one attached hydrogen (secondary N) is 1. The zero-order chi connectivity index (χ0) is 16.7. The molecule has 0 aliphatic heterocycles. The maximum Gasteiger partial charge on any atom is 0.306 e. The van der Waals surface area contributed by atoms with Crippen molar-refractivity contribution < 1.29 is 19.1 Å². The lowest BCUT2D eigenvalue weighted by Gasteiger charge is -2.10. The van der Waals surface area contributed by atoms with E-state index in [9.17, 15) is 9.59 Å². The van der Waals surface area contributed by atoms with E-state index in [1.807, 2.05) is 42.5 Å². The Kier molecular flexibility index (Phi) is 3.49. The second-order valence-corrected chi connectivity index (χ2v) is 6.34. The van der Waals surface area contributed by atoms with E-state index in [0.717, 1.165) is 21.9 Å². The van der Waals surface area contributed by atoms with Crippen LogP contribution in [0.5, 0.6) is 0 Å². The SMILES string of the molecule is O=C(O)[C@@H]1CC[C@H](C(=O)Nc2ccc3c(c2)oc2ccccc23)C1. The summed E-state index contributed by atoms with van der Waals surface area (Å²) in [7, 11) is 0. The maximum atomic E-state index is 12.4. The van der Waals surface area contributed by atoms with Crippen LogP contribution in [-0.2, 0) is 9.59 Å². The minimum atomic E-state index is -0.811. The molecule has 2 atom stereocenters. The van der Waals surface area contributed by atoms with Crippen LogP contribution >= 0.6 is 0 Å². The number of amides is 1. The number of carboxylic acids is 1. The van der Waals surface area contributed by atoms with E-state index < -0.39 is 11.9 Å². The lowest BCUT2D eigenvalue weighted by atomic mass is 10.0. The van der Waals surface area contributed by atoms with Crippen LogP contribution in [0, 0.1) is 11.8 Å². The van der Waals surface area contributed by atoms with Gasteiger partial charge in [-0.15, -0.1) is 0 Å². The highest BCUT2D eigenvalue weighted by Crippen LogP contribution is 2.33. The summed E-state index contributed by atoms with van der Waals surface area (Å²) in [5, 5.41) is 14.0. The van der Waals surface area contributed by atoms with Crippen molar-refractivity contribution in [2.75, 3.05) is 5.32 Å². The van der Waals surface area contributed by atoms with Gasteiger partial charge in [0.2, 0.25) is 5.91 Å². The first-order valence-electron chi connectivity index (χ1n) is 8.07. The molecular formula is C19H17NO4. The van der Waals surface area contributed by atoms with Crippen molar-refractivity contribution in [1.29, 1.82) is 0 Å². The van der Waals surface area contributed by atoms with Crippen LogP contribution in [0.15, 0.2) is 46.9 Å². The van der Waals surface area contributed by atoms with Gasteiger partial charge in [-0.25, -0.2) is 0 Å². The lowest BCUT2D eigenvalue weighted by Crippen LogP contribution is -2.21. The summed E-state index contributed by atoms with van der Waals surface area (Å²) in [5.41, 5.74) is 2.21. The van der Waals surface area contributed by atoms with Crippen LogP contribution in [0.3, 0.4) is 0 Å². The molecule has 1 heterocycles. The van der Waals surface area contributed by atoms with Gasteiger partial charge in [-0.3, -0.25) is 9.59 Å². The molecule has 1 aliphatic carbocycles. The predicted octanol–water partition coefficient (Wildman–Crippen LogP) is 4.03. The molecule has 0 saturated heterocycles. The summed E-state index contributed by atoms with van der Waals surface area (Å²) in [6.07, 6.45) is 1.60. The van der Waals surface area contributed by atoms with E-state index in [1.54, 1.807) is 0 Å². The number of para-hydroxylation sites is 1. The third kappa shape index (κ3) is 2.52. The van der Waals surface area contributed by atoms with Crippen molar-refractivity contribution >= 4 is 39.5 Å². The number of rotatable bonds is 3. The molecule has 1 fully saturated rings. The third-order valence-corrected chi connectivity index (χ3v) is 4.80. The number of carbonyl (C=O) groups is 2. The Morgan fingerprint density at radius 3 is 2.54 bits per heavy atom. The number of anilines is 1. The molecule has 1 aromatic heterocycles. The molecule has 2 aromatic carbocycles. The summed E-state index contributed by atoms with van der Waals surface area (Å²) in [6, 6.07) is 13.4. The highest BCUT2D eigenvalue weighted by atomic mass is 16.4. The number of hydrogen-bond donors (Lipinski definition) is 2. The lowest BCUT2D eigenvalue weighted by molar-refractivity contribution is -0.141. The molecule has 1 amide bonds. The first-order chi connectivity index (χ1) is 11.6. The fourth-order valence-electron chi connectivity index (χ4n) is 3.49. The van der Waals surface area contributed by atoms with Gasteiger partial charge in [-0.05, 0) is 37.5 Å². The molecule has 122 valence electrons. The van der Waals surface area contributed by atoms with Gasteiger partial charge in [0.15, 0.2) is 0 Å². The van der Waals surface area contributed by atoms with Gasteiger partial charge >= 0.3 is 5.97 Å². The topological polar surface area (TPSA) is 79.5 Å². The Balaban J connectivity index is 1.55. The molecule has 0 unspecified atom stereocenters. The van der Waals surface area contributed by atoms with E-state index in [0.29, 0.717) is 24.9 Å². The molecule has 5 nitrogen and oxygen atoms in total. The third-order valence-electron chi connectivity index (χ3n) is 4.80. The standard InChI is InChI=1S/C19H17NO4/c21-18(11-5-6-12(9-11)19(22)23)20-13-7-8-15-14-3-1-2-4-16(14)24-17(15)10-13/h1-4,7-8,10-12H,5-6,9H2,(H,20,21)(H,22,23)/t11-,12+/m0/s1. The van der Waals surface area contributed by atoms with Crippen molar-refractivity contribution in [3.8, 4) is 0 Å². The van der Waals surface area contributed by atoms with E-state index in [1.165, 1.54) is 0 Å². The van der Waals surface area contributed by atoms with Crippen molar-refractivity contribution in [1.82, 2.24) is 0 Å². The second kappa shape index (κ2) is 5.67. The Bertz CT molecular complexity index is 943. The first kappa shape index (κ1) is 14.8. The molecule has 0 bridgehead atoms. The minimum absolute atomic E-state index is 0.116. The van der Waals surface area contributed by atoms with Crippen molar-refractivity contribution in [3.63, 3.8) is 0 Å². The number of hydrogen-bond acceptors (Lipinski definition) is 3. The molecule has 4 rings (SSSR count). The van der Waals surface area contributed by atoms with Crippen LogP contribution in [0.2, 0.25) is 0 Å². The van der Waals surface area contributed by atoms with Crippen molar-refractivity contribution in [2.45, 2.75) is 19.3 Å². The van der Waals surface area contributed by atoms with Gasteiger partial charge < -0.3 is 14.8 Å². The second-order valence-electron chi connectivity index (χ2n) is 6.34. The summed E-state index contributed by atoms with van der Waals surface area (Å²) < 4.78 is 5.82. The highest BCUT2D eigenvalue weighted by Gasteiger charge is 2.33. The Morgan fingerprint density at radius 2 is 1.75 bits per heavy atom. The average molecular weight is 323 g/mol. The van der Waals surface area contributed by atoms with E-state index in [2.05, 4.69) is 5.32 Å². The monoisotopic (exact) mass is 323 g/mol. The minimum Gasteiger partial charge on any atom is -0.481 e. The molecule has 1 aliphatic rings. The van der Waals surface area contributed by atoms with Gasteiger partial charge in [-0.2, -0.15) is 0 Å². The van der Waals surface area contributed by atoms with Crippen LogP contribution in [-0.4, -0.2) is 17.0 Å². The zero-order valence-electron chi connectivity index (χ0n) is 13.0. The predicted molar refractivity (Wildman–Crippen MR) is 90.8 cm³/mol. The van der Waals surface area contributed by atoms with Crippen LogP contribution in [0.25, 0.3) is 21.9 Å². The summed E-state index contributed by atoms with van der Waals surface area (Å²) >= 11 is 0. The van der Waals surface area contributed by atoms with Gasteiger partial charge in [0.25, 0.3) is 0 Å². The van der Waals surface area contributed by atoms with E-state index in [-0.39, 0.29) is 11.8 Å². The number of fused-ring (bicyclic) bond motifs is 3. The molecule has 3 aromatic rings. The molecule has 2 N–H and O–H groups in total. The van der Waals surface area contributed by atoms with E-state index in [4.69, 9.17) is 9.52 Å². The van der Waals surface area contributed by atoms with Gasteiger partial charge in [0.05, 0.1) is 5.92 Å². The highest BCUT2D eigenvalue weighted by molar-refractivity contribution is 6.06. The van der Waals surface area contributed by atoms with Gasteiger partial charge in [-0.1, -0.05) is 18.2 Å². The zero-order valence-corrected chi connectivity index (χ0v) is 13.0. The Hall–Kier alpha value is -2.82. The molecule has 24 heavy (non-hydrogen) atoms. The number of carbonyl (C=O) groups excluding carboxylic acids is 1. The van der Waals surface area contributed by atoms with E-state index >= 15 is 0 Å². The summed E-state index contributed by atoms with van der Waals surface area (Å²) in [4.78, 5) is 23.4. The van der Waals surface area contributed by atoms with Gasteiger partial charge in [0.1, 0.15) is 11.2 Å². The first-order valence-corrected chi connectivity index (χ1v) is 8.07. The smallest absolute Gasteiger partial charge is 0.306 e. The molecular weight excluding hydrogens is 306 g/mol.